The lowest BCUT2D eigenvalue weighted by Crippen LogP contribution is -2.34. The molecule has 0 rings (SSSR count). The fourth-order valence-electron chi connectivity index (χ4n) is 0.425. The van der Waals surface area contributed by atoms with Crippen LogP contribution in [-0.2, 0) is 0 Å². The van der Waals surface area contributed by atoms with E-state index in [-0.39, 0.29) is 5.54 Å². The highest BCUT2D eigenvalue weighted by Gasteiger charge is 2.09. The maximum absolute atomic E-state index is 5.76. The van der Waals surface area contributed by atoms with Gasteiger partial charge in [-0.3, -0.25) is 0 Å². The molecule has 0 spiro atoms. The molecule has 1 nitrogen and oxygen atoms in total. The summed E-state index contributed by atoms with van der Waals surface area (Å²) in [7, 11) is 0. The molecular weight excluding hydrogens is 210 g/mol. The highest BCUT2D eigenvalue weighted by atomic mass is 79.9. The summed E-state index contributed by atoms with van der Waals surface area (Å²) in [5, 5.41) is 0. The van der Waals surface area contributed by atoms with Gasteiger partial charge in [0.25, 0.3) is 0 Å². The second kappa shape index (κ2) is 4.42. The summed E-state index contributed by atoms with van der Waals surface area (Å²) in [5.74, 6) is 1.91. The zero-order valence-corrected chi connectivity index (χ0v) is 8.89. The number of hydrogen-bond donors (Lipinski definition) is 1. The minimum absolute atomic E-state index is 0.0624. The second-order valence-corrected chi connectivity index (χ2v) is 5.11. The lowest BCUT2D eigenvalue weighted by atomic mass is 10.1. The van der Waals surface area contributed by atoms with Gasteiger partial charge in [0.15, 0.2) is 0 Å². The first-order valence-electron chi connectivity index (χ1n) is 3.12. The van der Waals surface area contributed by atoms with Gasteiger partial charge in [0.1, 0.15) is 0 Å². The molecule has 0 amide bonds. The molecule has 0 aromatic rings. The van der Waals surface area contributed by atoms with Gasteiger partial charge in [0, 0.05) is 17.0 Å². The quantitative estimate of drug-likeness (QED) is 0.793. The van der Waals surface area contributed by atoms with Crippen LogP contribution in [0, 0.1) is 0 Å². The minimum Gasteiger partial charge on any atom is -0.325 e. The van der Waals surface area contributed by atoms with Gasteiger partial charge < -0.3 is 5.73 Å². The van der Waals surface area contributed by atoms with E-state index in [0.29, 0.717) is 0 Å². The van der Waals surface area contributed by atoms with Gasteiger partial charge in [0.05, 0.1) is 0 Å². The van der Waals surface area contributed by atoms with Gasteiger partial charge >= 0.3 is 0 Å². The zero-order chi connectivity index (χ0) is 8.20. The minimum atomic E-state index is -0.0624. The van der Waals surface area contributed by atoms with E-state index in [1.165, 1.54) is 0 Å². The number of nitrogens with two attached hydrogens (primary N) is 1. The molecule has 0 aliphatic rings. The van der Waals surface area contributed by atoms with Gasteiger partial charge in [-0.25, -0.2) is 0 Å². The summed E-state index contributed by atoms with van der Waals surface area (Å²) in [6.45, 7) is 7.78. The SMILES string of the molecule is C=C(Br)CSCC(C)(C)N. The number of halogens is 1. The van der Waals surface area contributed by atoms with Crippen molar-refractivity contribution in [2.45, 2.75) is 19.4 Å². The van der Waals surface area contributed by atoms with Crippen molar-refractivity contribution in [2.24, 2.45) is 5.73 Å². The average Bonchev–Trinajstić information content (AvgIpc) is 1.59. The van der Waals surface area contributed by atoms with Crippen molar-refractivity contribution in [3.05, 3.63) is 11.1 Å². The lowest BCUT2D eigenvalue weighted by Gasteiger charge is -2.16. The van der Waals surface area contributed by atoms with E-state index < -0.39 is 0 Å². The fraction of sp³-hybridized carbons (Fsp3) is 0.714. The molecule has 0 heterocycles. The molecule has 0 bridgehead atoms. The summed E-state index contributed by atoms with van der Waals surface area (Å²) in [5.41, 5.74) is 5.69. The third-order valence-electron chi connectivity index (χ3n) is 0.733. The zero-order valence-electron chi connectivity index (χ0n) is 6.48. The maximum Gasteiger partial charge on any atom is 0.0245 e. The molecule has 0 unspecified atom stereocenters. The first-order valence-corrected chi connectivity index (χ1v) is 5.06. The Kier molecular flexibility index (Phi) is 4.65. The monoisotopic (exact) mass is 223 g/mol. The normalized spacial score (nSPS) is 11.6. The van der Waals surface area contributed by atoms with Crippen LogP contribution in [0.3, 0.4) is 0 Å². The number of rotatable bonds is 4. The van der Waals surface area contributed by atoms with Crippen LogP contribution in [0.15, 0.2) is 11.1 Å². The molecule has 0 saturated carbocycles. The van der Waals surface area contributed by atoms with Crippen molar-refractivity contribution in [3.63, 3.8) is 0 Å². The van der Waals surface area contributed by atoms with Crippen LogP contribution in [0.25, 0.3) is 0 Å². The van der Waals surface area contributed by atoms with Gasteiger partial charge in [-0.2, -0.15) is 11.8 Å². The van der Waals surface area contributed by atoms with E-state index in [4.69, 9.17) is 5.73 Å². The molecule has 0 fully saturated rings. The van der Waals surface area contributed by atoms with E-state index in [2.05, 4.69) is 22.5 Å². The van der Waals surface area contributed by atoms with E-state index in [9.17, 15) is 0 Å². The third kappa shape index (κ3) is 8.53. The van der Waals surface area contributed by atoms with Crippen LogP contribution in [0.1, 0.15) is 13.8 Å². The Morgan fingerprint density at radius 2 is 2.20 bits per heavy atom. The smallest absolute Gasteiger partial charge is 0.0245 e. The highest BCUT2D eigenvalue weighted by Crippen LogP contribution is 2.15. The molecule has 0 radical (unpaired) electrons. The molecule has 0 aliphatic carbocycles. The van der Waals surface area contributed by atoms with Gasteiger partial charge in [0.2, 0.25) is 0 Å². The highest BCUT2D eigenvalue weighted by molar-refractivity contribution is 9.11. The van der Waals surface area contributed by atoms with Crippen molar-refractivity contribution in [3.8, 4) is 0 Å². The molecule has 3 heteroatoms. The van der Waals surface area contributed by atoms with E-state index >= 15 is 0 Å². The Balaban J connectivity index is 3.29. The van der Waals surface area contributed by atoms with Crippen LogP contribution in [-0.4, -0.2) is 17.0 Å². The molecule has 0 aromatic carbocycles. The first-order chi connectivity index (χ1) is 4.42. The van der Waals surface area contributed by atoms with Crippen LogP contribution < -0.4 is 5.73 Å². The molecule has 0 saturated heterocycles. The van der Waals surface area contributed by atoms with Crippen LogP contribution in [0.2, 0.25) is 0 Å². The van der Waals surface area contributed by atoms with E-state index in [1.54, 1.807) is 11.8 Å². The van der Waals surface area contributed by atoms with Gasteiger partial charge in [-0.1, -0.05) is 22.5 Å². The molecule has 0 atom stereocenters. The number of hydrogen-bond acceptors (Lipinski definition) is 2. The van der Waals surface area contributed by atoms with Crippen LogP contribution >= 0.6 is 27.7 Å². The lowest BCUT2D eigenvalue weighted by molar-refractivity contribution is 0.591. The molecule has 2 N–H and O–H groups in total. The predicted octanol–water partition coefficient (Wildman–Crippen LogP) is 2.37. The number of thioether (sulfide) groups is 1. The van der Waals surface area contributed by atoms with Crippen LogP contribution in [0.5, 0.6) is 0 Å². The molecule has 0 aliphatic heterocycles. The summed E-state index contributed by atoms with van der Waals surface area (Å²) in [4.78, 5) is 0. The molecular formula is C7H14BrNS. The Hall–Kier alpha value is 0.530. The molecule has 0 aromatic heterocycles. The van der Waals surface area contributed by atoms with Crippen molar-refractivity contribution in [1.82, 2.24) is 0 Å². The van der Waals surface area contributed by atoms with Gasteiger partial charge in [-0.05, 0) is 18.3 Å². The summed E-state index contributed by atoms with van der Waals surface area (Å²) in [6, 6.07) is 0. The summed E-state index contributed by atoms with van der Waals surface area (Å²) >= 11 is 5.08. The summed E-state index contributed by atoms with van der Waals surface area (Å²) in [6.07, 6.45) is 0. The predicted molar refractivity (Wildman–Crippen MR) is 53.7 cm³/mol. The van der Waals surface area contributed by atoms with Crippen molar-refractivity contribution >= 4 is 27.7 Å². The van der Waals surface area contributed by atoms with Crippen molar-refractivity contribution in [1.29, 1.82) is 0 Å². The Morgan fingerprint density at radius 3 is 2.50 bits per heavy atom. The van der Waals surface area contributed by atoms with Crippen LogP contribution in [0.4, 0.5) is 0 Å². The van der Waals surface area contributed by atoms with E-state index in [1.807, 2.05) is 13.8 Å². The average molecular weight is 224 g/mol. The van der Waals surface area contributed by atoms with Crippen molar-refractivity contribution in [2.75, 3.05) is 11.5 Å². The van der Waals surface area contributed by atoms with Gasteiger partial charge in [-0.15, -0.1) is 0 Å². The fourth-order valence-corrected chi connectivity index (χ4v) is 1.76. The molecule has 60 valence electrons. The maximum atomic E-state index is 5.76. The second-order valence-electron chi connectivity index (χ2n) is 3.00. The van der Waals surface area contributed by atoms with E-state index in [0.717, 1.165) is 16.0 Å². The largest absolute Gasteiger partial charge is 0.325 e. The Bertz CT molecular complexity index is 117. The Morgan fingerprint density at radius 1 is 1.70 bits per heavy atom. The Labute approximate surface area is 75.6 Å². The molecule has 10 heavy (non-hydrogen) atoms. The first kappa shape index (κ1) is 10.5. The third-order valence-corrected chi connectivity index (χ3v) is 2.89. The topological polar surface area (TPSA) is 26.0 Å². The standard InChI is InChI=1S/C7H14BrNS/c1-6(8)4-10-5-7(2,3)9/h1,4-5,9H2,2-3H3. The van der Waals surface area contributed by atoms with Crippen molar-refractivity contribution < 1.29 is 0 Å². The summed E-state index contributed by atoms with van der Waals surface area (Å²) < 4.78 is 1.03.